The molecule has 0 aliphatic rings. The van der Waals surface area contributed by atoms with Gasteiger partial charge in [-0.3, -0.25) is 24.9 Å². The van der Waals surface area contributed by atoms with Gasteiger partial charge in [0.25, 0.3) is 11.6 Å². The molecule has 0 atom stereocenters. The fourth-order valence-corrected chi connectivity index (χ4v) is 3.75. The van der Waals surface area contributed by atoms with Crippen LogP contribution in [0.15, 0.2) is 35.8 Å². The zero-order valence-corrected chi connectivity index (χ0v) is 16.6. The Bertz CT molecular complexity index is 1280. The maximum atomic E-state index is 12.6. The highest BCUT2D eigenvalue weighted by atomic mass is 32.1. The summed E-state index contributed by atoms with van der Waals surface area (Å²) in [7, 11) is 1.80. The zero-order valence-electron chi connectivity index (χ0n) is 15.8. The second-order valence-electron chi connectivity index (χ2n) is 6.55. The minimum absolute atomic E-state index is 0.0345. The summed E-state index contributed by atoms with van der Waals surface area (Å²) in [6.07, 6.45) is 1.50. The summed E-state index contributed by atoms with van der Waals surface area (Å²) in [5.41, 5.74) is 3.69. The molecule has 0 aliphatic heterocycles. The molecular weight excluding hydrogens is 392 g/mol. The van der Waals surface area contributed by atoms with Gasteiger partial charge < -0.3 is 0 Å². The summed E-state index contributed by atoms with van der Waals surface area (Å²) in [6.45, 7) is 3.54. The lowest BCUT2D eigenvalue weighted by molar-refractivity contribution is -0.385. The van der Waals surface area contributed by atoms with Crippen LogP contribution in [-0.2, 0) is 7.05 Å². The van der Waals surface area contributed by atoms with Crippen molar-refractivity contribution in [3.63, 3.8) is 0 Å². The lowest BCUT2D eigenvalue weighted by Gasteiger charge is -2.02. The number of hydrogen-bond donors (Lipinski definition) is 1. The van der Waals surface area contributed by atoms with Crippen molar-refractivity contribution in [2.75, 3.05) is 5.32 Å². The van der Waals surface area contributed by atoms with E-state index in [-0.39, 0.29) is 11.6 Å². The molecule has 4 rings (SSSR count). The number of carbonyl (C=O) groups is 1. The molecule has 0 fully saturated rings. The van der Waals surface area contributed by atoms with Gasteiger partial charge in [0.2, 0.25) is 0 Å². The van der Waals surface area contributed by atoms with Crippen LogP contribution >= 0.6 is 11.3 Å². The second kappa shape index (κ2) is 7.06. The van der Waals surface area contributed by atoms with E-state index in [0.717, 1.165) is 11.1 Å². The van der Waals surface area contributed by atoms with Crippen molar-refractivity contribution in [1.29, 1.82) is 0 Å². The predicted octanol–water partition coefficient (Wildman–Crippen LogP) is 3.87. The van der Waals surface area contributed by atoms with Crippen molar-refractivity contribution in [3.05, 3.63) is 62.8 Å². The Balaban J connectivity index is 1.58. The number of fused-ring (bicyclic) bond motifs is 1. The number of carbonyl (C=O) groups excluding carboxylic acids is 1. The number of hydrogen-bond acceptors (Lipinski definition) is 7. The van der Waals surface area contributed by atoms with Crippen LogP contribution in [0.1, 0.15) is 21.6 Å². The van der Waals surface area contributed by atoms with E-state index in [1.807, 2.05) is 6.92 Å². The van der Waals surface area contributed by atoms with E-state index in [0.29, 0.717) is 33.2 Å². The molecule has 29 heavy (non-hydrogen) atoms. The summed E-state index contributed by atoms with van der Waals surface area (Å²) < 4.78 is 1.67. The van der Waals surface area contributed by atoms with E-state index in [1.54, 1.807) is 42.2 Å². The third-order valence-electron chi connectivity index (χ3n) is 4.55. The Morgan fingerprint density at radius 1 is 1.28 bits per heavy atom. The number of aryl methyl sites for hydroxylation is 3. The summed E-state index contributed by atoms with van der Waals surface area (Å²) in [5.74, 6) is -0.335. The molecule has 146 valence electrons. The Labute approximate surface area is 169 Å². The molecule has 3 heterocycles. The Morgan fingerprint density at radius 3 is 2.83 bits per heavy atom. The number of pyridine rings is 1. The molecule has 10 heteroatoms. The predicted molar refractivity (Wildman–Crippen MR) is 110 cm³/mol. The van der Waals surface area contributed by atoms with Crippen molar-refractivity contribution in [1.82, 2.24) is 19.7 Å². The van der Waals surface area contributed by atoms with Crippen molar-refractivity contribution in [2.45, 2.75) is 13.8 Å². The maximum Gasteiger partial charge on any atom is 0.272 e. The van der Waals surface area contributed by atoms with E-state index >= 15 is 0 Å². The van der Waals surface area contributed by atoms with Crippen molar-refractivity contribution >= 4 is 39.1 Å². The fraction of sp³-hybridized carbons (Fsp3) is 0.158. The van der Waals surface area contributed by atoms with E-state index in [1.165, 1.54) is 23.6 Å². The van der Waals surface area contributed by atoms with E-state index < -0.39 is 4.92 Å². The highest BCUT2D eigenvalue weighted by molar-refractivity contribution is 7.14. The van der Waals surface area contributed by atoms with Crippen molar-refractivity contribution in [3.8, 4) is 11.3 Å². The number of benzene rings is 1. The first kappa shape index (κ1) is 18.7. The molecule has 0 unspecified atom stereocenters. The molecule has 1 N–H and O–H groups in total. The van der Waals surface area contributed by atoms with Gasteiger partial charge in [0.1, 0.15) is 0 Å². The van der Waals surface area contributed by atoms with Crippen LogP contribution in [0.5, 0.6) is 0 Å². The molecule has 9 nitrogen and oxygen atoms in total. The first-order valence-electron chi connectivity index (χ1n) is 8.65. The first-order valence-corrected chi connectivity index (χ1v) is 9.53. The van der Waals surface area contributed by atoms with Gasteiger partial charge in [-0.2, -0.15) is 5.10 Å². The van der Waals surface area contributed by atoms with Gasteiger partial charge in [0.15, 0.2) is 10.8 Å². The minimum atomic E-state index is -0.419. The van der Waals surface area contributed by atoms with Crippen LogP contribution in [0.2, 0.25) is 0 Å². The van der Waals surface area contributed by atoms with Crippen LogP contribution in [-0.4, -0.2) is 30.6 Å². The number of nitro benzene ring substituents is 1. The van der Waals surface area contributed by atoms with Gasteiger partial charge in [-0.15, -0.1) is 11.3 Å². The second-order valence-corrected chi connectivity index (χ2v) is 7.41. The molecule has 1 aromatic carbocycles. The number of thiazole rings is 1. The largest absolute Gasteiger partial charge is 0.298 e. The number of rotatable bonds is 4. The molecule has 1 amide bonds. The average molecular weight is 408 g/mol. The van der Waals surface area contributed by atoms with Gasteiger partial charge >= 0.3 is 0 Å². The summed E-state index contributed by atoms with van der Waals surface area (Å²) in [6, 6.07) is 6.69. The summed E-state index contributed by atoms with van der Waals surface area (Å²) >= 11 is 1.25. The van der Waals surface area contributed by atoms with Gasteiger partial charge in [-0.25, -0.2) is 9.97 Å². The summed E-state index contributed by atoms with van der Waals surface area (Å²) in [5, 5.41) is 21.2. The number of nitrogens with one attached hydrogen (secondary N) is 1. The minimum Gasteiger partial charge on any atom is -0.298 e. The lowest BCUT2D eigenvalue weighted by atomic mass is 10.1. The molecule has 0 bridgehead atoms. The molecular formula is C19H16N6O3S. The third kappa shape index (κ3) is 3.45. The normalized spacial score (nSPS) is 11.0. The van der Waals surface area contributed by atoms with Crippen LogP contribution in [0.25, 0.3) is 22.3 Å². The third-order valence-corrected chi connectivity index (χ3v) is 5.31. The van der Waals surface area contributed by atoms with E-state index in [4.69, 9.17) is 0 Å². The lowest BCUT2D eigenvalue weighted by Crippen LogP contribution is -2.12. The number of amides is 1. The smallest absolute Gasteiger partial charge is 0.272 e. The summed E-state index contributed by atoms with van der Waals surface area (Å²) in [4.78, 5) is 32.0. The molecule has 0 saturated heterocycles. The maximum absolute atomic E-state index is 12.6. The standard InChI is InChI=1S/C19H16N6O3S/c1-10-4-5-12(7-16(10)25(27)28)15-9-29-19(21-15)22-18(26)13-6-14-11(2)23-24(3)17(14)20-8-13/h4-9H,1-3H3,(H,21,22,26). The van der Waals surface area contributed by atoms with Crippen LogP contribution < -0.4 is 5.32 Å². The molecule has 0 saturated carbocycles. The zero-order chi connectivity index (χ0) is 20.7. The van der Waals surface area contributed by atoms with Crippen molar-refractivity contribution in [2.24, 2.45) is 7.05 Å². The average Bonchev–Trinajstić information content (AvgIpc) is 3.26. The molecule has 0 radical (unpaired) electrons. The van der Waals surface area contributed by atoms with Crippen LogP contribution in [0, 0.1) is 24.0 Å². The van der Waals surface area contributed by atoms with Crippen LogP contribution in [0.4, 0.5) is 10.8 Å². The SMILES string of the molecule is Cc1ccc(-c2csc(NC(=O)c3cnc4c(c3)c(C)nn4C)n2)cc1[N+](=O)[O-]. The molecule has 0 aliphatic carbocycles. The number of nitro groups is 1. The van der Waals surface area contributed by atoms with E-state index in [9.17, 15) is 14.9 Å². The molecule has 0 spiro atoms. The highest BCUT2D eigenvalue weighted by Crippen LogP contribution is 2.29. The Kier molecular flexibility index (Phi) is 4.55. The quantitative estimate of drug-likeness (QED) is 0.405. The Hall–Kier alpha value is -3.66. The molecule has 3 aromatic heterocycles. The monoisotopic (exact) mass is 408 g/mol. The topological polar surface area (TPSA) is 116 Å². The van der Waals surface area contributed by atoms with E-state index in [2.05, 4.69) is 20.4 Å². The van der Waals surface area contributed by atoms with Gasteiger partial charge in [-0.05, 0) is 19.9 Å². The molecule has 4 aromatic rings. The highest BCUT2D eigenvalue weighted by Gasteiger charge is 2.16. The number of aromatic nitrogens is 4. The first-order chi connectivity index (χ1) is 13.8. The Morgan fingerprint density at radius 2 is 2.07 bits per heavy atom. The van der Waals surface area contributed by atoms with Crippen molar-refractivity contribution < 1.29 is 9.72 Å². The van der Waals surface area contributed by atoms with Gasteiger partial charge in [0, 0.05) is 41.2 Å². The van der Waals surface area contributed by atoms with Gasteiger partial charge in [-0.1, -0.05) is 12.1 Å². The fourth-order valence-electron chi connectivity index (χ4n) is 3.03. The number of nitrogens with zero attached hydrogens (tertiary/aromatic N) is 5. The van der Waals surface area contributed by atoms with Crippen LogP contribution in [0.3, 0.4) is 0 Å². The van der Waals surface area contributed by atoms with Gasteiger partial charge in [0.05, 0.1) is 21.9 Å². The number of anilines is 1.